The average molecular weight is 612 g/mol. The summed E-state index contributed by atoms with van der Waals surface area (Å²) in [6.07, 6.45) is 20.6. The molecule has 1 rings (SSSR count). The lowest BCUT2D eigenvalue weighted by atomic mass is 9.99. The predicted octanol–water partition coefficient (Wildman–Crippen LogP) is 4.60. The molecule has 1 fully saturated rings. The normalized spacial score (nSPS) is 24.3. The minimum Gasteiger partial charge on any atom is -0.394 e. The van der Waals surface area contributed by atoms with E-state index >= 15 is 0 Å². The van der Waals surface area contributed by atoms with E-state index < -0.39 is 49.5 Å². The molecule has 0 aromatic heterocycles. The van der Waals surface area contributed by atoms with E-state index in [1.807, 2.05) is 6.08 Å². The van der Waals surface area contributed by atoms with Gasteiger partial charge in [0.1, 0.15) is 24.4 Å². The van der Waals surface area contributed by atoms with Crippen LogP contribution in [-0.4, -0.2) is 87.5 Å². The lowest BCUT2D eigenvalue weighted by Gasteiger charge is -2.40. The SMILES string of the molecule is CCCC/C=C\CCCCCCC(=O)NC(COC1OC(CO)C(O)C(O)C1O)C(O)/C=C/CC/C=C/CCCCCC. The number of hydrogen-bond donors (Lipinski definition) is 6. The first-order valence-corrected chi connectivity index (χ1v) is 16.7. The van der Waals surface area contributed by atoms with Crippen LogP contribution in [0.1, 0.15) is 117 Å². The molecule has 250 valence electrons. The van der Waals surface area contributed by atoms with E-state index in [4.69, 9.17) is 9.47 Å². The zero-order valence-corrected chi connectivity index (χ0v) is 26.7. The molecule has 1 saturated heterocycles. The van der Waals surface area contributed by atoms with Gasteiger partial charge in [-0.1, -0.05) is 95.2 Å². The molecule has 0 radical (unpaired) electrons. The fourth-order valence-corrected chi connectivity index (χ4v) is 4.85. The number of ether oxygens (including phenoxy) is 2. The second-order valence-corrected chi connectivity index (χ2v) is 11.6. The van der Waals surface area contributed by atoms with Gasteiger partial charge in [-0.3, -0.25) is 4.79 Å². The maximum Gasteiger partial charge on any atom is 0.220 e. The van der Waals surface area contributed by atoms with E-state index in [-0.39, 0.29) is 12.5 Å². The van der Waals surface area contributed by atoms with Gasteiger partial charge in [0.2, 0.25) is 5.91 Å². The van der Waals surface area contributed by atoms with E-state index in [0.29, 0.717) is 6.42 Å². The molecule has 6 N–H and O–H groups in total. The van der Waals surface area contributed by atoms with Gasteiger partial charge in [-0.05, 0) is 51.4 Å². The Labute approximate surface area is 260 Å². The number of nitrogens with one attached hydrogen (secondary N) is 1. The molecule has 0 saturated carbocycles. The highest BCUT2D eigenvalue weighted by Crippen LogP contribution is 2.22. The van der Waals surface area contributed by atoms with Gasteiger partial charge in [-0.15, -0.1) is 0 Å². The second-order valence-electron chi connectivity index (χ2n) is 11.6. The fourth-order valence-electron chi connectivity index (χ4n) is 4.85. The average Bonchev–Trinajstić information content (AvgIpc) is 3.00. The maximum absolute atomic E-state index is 12.7. The number of carbonyl (C=O) groups excluding carboxylic acids is 1. The Balaban J connectivity index is 2.58. The van der Waals surface area contributed by atoms with Gasteiger partial charge >= 0.3 is 0 Å². The molecule has 1 aliphatic rings. The molecular weight excluding hydrogens is 550 g/mol. The summed E-state index contributed by atoms with van der Waals surface area (Å²) in [5.41, 5.74) is 0. The highest BCUT2D eigenvalue weighted by molar-refractivity contribution is 5.76. The van der Waals surface area contributed by atoms with E-state index in [1.54, 1.807) is 6.08 Å². The minimum atomic E-state index is -1.57. The first kappa shape index (κ1) is 39.4. The molecule has 0 aliphatic carbocycles. The molecule has 9 heteroatoms. The number of aliphatic hydroxyl groups is 5. The van der Waals surface area contributed by atoms with Crippen LogP contribution in [-0.2, 0) is 14.3 Å². The quantitative estimate of drug-likeness (QED) is 0.0648. The molecular formula is C34H61NO8. The molecule has 0 bridgehead atoms. The topological polar surface area (TPSA) is 149 Å². The molecule has 43 heavy (non-hydrogen) atoms. The number of amides is 1. The number of unbranched alkanes of at least 4 members (excludes halogenated alkanes) is 11. The lowest BCUT2D eigenvalue weighted by molar-refractivity contribution is -0.302. The lowest BCUT2D eigenvalue weighted by Crippen LogP contribution is -2.60. The van der Waals surface area contributed by atoms with Crippen molar-refractivity contribution in [3.63, 3.8) is 0 Å². The third-order valence-corrected chi connectivity index (χ3v) is 7.69. The molecule has 1 heterocycles. The van der Waals surface area contributed by atoms with Crippen molar-refractivity contribution in [3.05, 3.63) is 36.5 Å². The second kappa shape index (κ2) is 25.7. The van der Waals surface area contributed by atoms with Crippen molar-refractivity contribution in [2.45, 2.75) is 159 Å². The van der Waals surface area contributed by atoms with Crippen LogP contribution in [0.25, 0.3) is 0 Å². The van der Waals surface area contributed by atoms with Crippen molar-refractivity contribution in [3.8, 4) is 0 Å². The number of hydrogen-bond acceptors (Lipinski definition) is 8. The van der Waals surface area contributed by atoms with Gasteiger partial charge in [-0.25, -0.2) is 0 Å². The van der Waals surface area contributed by atoms with Gasteiger partial charge in [0.05, 0.1) is 25.4 Å². The van der Waals surface area contributed by atoms with Crippen LogP contribution in [0, 0.1) is 0 Å². The first-order valence-electron chi connectivity index (χ1n) is 16.7. The third kappa shape index (κ3) is 18.1. The molecule has 7 atom stereocenters. The van der Waals surface area contributed by atoms with Gasteiger partial charge in [0, 0.05) is 6.42 Å². The molecule has 0 aromatic carbocycles. The largest absolute Gasteiger partial charge is 0.394 e. The maximum atomic E-state index is 12.7. The van der Waals surface area contributed by atoms with Gasteiger partial charge in [-0.2, -0.15) is 0 Å². The van der Waals surface area contributed by atoms with Gasteiger partial charge < -0.3 is 40.3 Å². The Bertz CT molecular complexity index is 771. The molecule has 0 spiro atoms. The molecule has 7 unspecified atom stereocenters. The van der Waals surface area contributed by atoms with Crippen molar-refractivity contribution in [2.24, 2.45) is 0 Å². The monoisotopic (exact) mass is 611 g/mol. The number of carbonyl (C=O) groups is 1. The third-order valence-electron chi connectivity index (χ3n) is 7.69. The number of rotatable bonds is 25. The van der Waals surface area contributed by atoms with Gasteiger partial charge in [0.25, 0.3) is 0 Å². The molecule has 9 nitrogen and oxygen atoms in total. The Hall–Kier alpha value is -1.59. The molecule has 0 aromatic rings. The summed E-state index contributed by atoms with van der Waals surface area (Å²) in [6.45, 7) is 3.61. The minimum absolute atomic E-state index is 0.206. The van der Waals surface area contributed by atoms with Crippen molar-refractivity contribution in [2.75, 3.05) is 13.2 Å². The molecule has 1 aliphatic heterocycles. The zero-order valence-electron chi connectivity index (χ0n) is 26.7. The van der Waals surface area contributed by atoms with Crippen LogP contribution in [0.2, 0.25) is 0 Å². The smallest absolute Gasteiger partial charge is 0.220 e. The predicted molar refractivity (Wildman–Crippen MR) is 170 cm³/mol. The Kier molecular flexibility index (Phi) is 23.6. The summed E-state index contributed by atoms with van der Waals surface area (Å²) < 4.78 is 11.1. The standard InChI is InChI=1S/C34H61NO8/c1-3-5-7-9-11-13-15-17-19-21-23-28(37)27(26-42-34-33(41)32(40)31(39)29(25-36)43-34)35-30(38)24-22-20-18-16-14-12-10-8-6-4-2/h10,12-13,15,21,23,27-29,31-34,36-37,39-41H,3-9,11,14,16-20,22,24-26H2,1-2H3,(H,35,38)/b12-10-,15-13+,23-21+. The number of allylic oxidation sites excluding steroid dienone is 5. The van der Waals surface area contributed by atoms with Crippen molar-refractivity contribution >= 4 is 5.91 Å². The van der Waals surface area contributed by atoms with Crippen LogP contribution in [0.4, 0.5) is 0 Å². The summed E-state index contributed by atoms with van der Waals surface area (Å²) in [5, 5.41) is 53.5. The number of aliphatic hydroxyl groups excluding tert-OH is 5. The summed E-state index contributed by atoms with van der Waals surface area (Å²) in [4.78, 5) is 12.7. The fraction of sp³-hybridized carbons (Fsp3) is 0.794. The Morgan fingerprint density at radius 2 is 1.35 bits per heavy atom. The van der Waals surface area contributed by atoms with E-state index in [1.165, 1.54) is 38.5 Å². The highest BCUT2D eigenvalue weighted by Gasteiger charge is 2.44. The first-order chi connectivity index (χ1) is 20.8. The summed E-state index contributed by atoms with van der Waals surface area (Å²) in [7, 11) is 0. The van der Waals surface area contributed by atoms with Crippen LogP contribution < -0.4 is 5.32 Å². The Morgan fingerprint density at radius 1 is 0.767 bits per heavy atom. The van der Waals surface area contributed by atoms with Crippen molar-refractivity contribution in [1.82, 2.24) is 5.32 Å². The van der Waals surface area contributed by atoms with Crippen molar-refractivity contribution in [1.29, 1.82) is 0 Å². The van der Waals surface area contributed by atoms with E-state index in [9.17, 15) is 30.3 Å². The Morgan fingerprint density at radius 3 is 2.00 bits per heavy atom. The summed E-state index contributed by atoms with van der Waals surface area (Å²) >= 11 is 0. The van der Waals surface area contributed by atoms with Crippen LogP contribution >= 0.6 is 0 Å². The van der Waals surface area contributed by atoms with Gasteiger partial charge in [0.15, 0.2) is 6.29 Å². The van der Waals surface area contributed by atoms with Crippen LogP contribution in [0.15, 0.2) is 36.5 Å². The summed E-state index contributed by atoms with van der Waals surface area (Å²) in [5.74, 6) is -0.208. The molecule has 1 amide bonds. The zero-order chi connectivity index (χ0) is 31.7. The highest BCUT2D eigenvalue weighted by atomic mass is 16.7. The van der Waals surface area contributed by atoms with Crippen LogP contribution in [0.3, 0.4) is 0 Å². The van der Waals surface area contributed by atoms with Crippen molar-refractivity contribution < 1.29 is 39.8 Å². The van der Waals surface area contributed by atoms with E-state index in [2.05, 4.69) is 43.5 Å². The summed E-state index contributed by atoms with van der Waals surface area (Å²) in [6, 6.07) is -0.821. The van der Waals surface area contributed by atoms with E-state index in [0.717, 1.165) is 57.8 Å². The van der Waals surface area contributed by atoms with Crippen LogP contribution in [0.5, 0.6) is 0 Å².